The number of nitrogens with one attached hydrogen (secondary N) is 2. The van der Waals surface area contributed by atoms with Crippen molar-refractivity contribution in [2.45, 2.75) is 32.4 Å². The average Bonchev–Trinajstić information content (AvgIpc) is 3.24. The summed E-state index contributed by atoms with van der Waals surface area (Å²) in [5, 5.41) is 5.63. The van der Waals surface area contributed by atoms with Crippen molar-refractivity contribution in [3.05, 3.63) is 35.4 Å². The Hall–Kier alpha value is -1.89. The van der Waals surface area contributed by atoms with Gasteiger partial charge >= 0.3 is 0 Å². The quantitative estimate of drug-likeness (QED) is 0.811. The molecule has 2 N–H and O–H groups in total. The van der Waals surface area contributed by atoms with E-state index in [-0.39, 0.29) is 41.2 Å². The van der Waals surface area contributed by atoms with Crippen LogP contribution >= 0.6 is 0 Å². The van der Waals surface area contributed by atoms with Crippen molar-refractivity contribution < 1.29 is 18.0 Å². The molecule has 1 aromatic carbocycles. The van der Waals surface area contributed by atoms with Crippen molar-refractivity contribution >= 4 is 21.7 Å². The number of carbonyl (C=O) groups is 2. The molecule has 0 aromatic heterocycles. The number of amides is 2. The van der Waals surface area contributed by atoms with E-state index >= 15 is 0 Å². The summed E-state index contributed by atoms with van der Waals surface area (Å²) in [7, 11) is -3.01. The van der Waals surface area contributed by atoms with E-state index in [1.165, 1.54) is 0 Å². The smallest absolute Gasteiger partial charge is 0.224 e. The number of sulfone groups is 1. The zero-order valence-electron chi connectivity index (χ0n) is 13.6. The van der Waals surface area contributed by atoms with Crippen molar-refractivity contribution in [3.63, 3.8) is 0 Å². The summed E-state index contributed by atoms with van der Waals surface area (Å²) in [5.74, 6) is -0.805. The topological polar surface area (TPSA) is 92.3 Å². The van der Waals surface area contributed by atoms with Crippen LogP contribution in [0.1, 0.15) is 24.0 Å². The number of carbonyl (C=O) groups excluding carboxylic acids is 2. The normalized spacial score (nSPS) is 27.5. The summed E-state index contributed by atoms with van der Waals surface area (Å²) in [5.41, 5.74) is 2.16. The van der Waals surface area contributed by atoms with Gasteiger partial charge in [0, 0.05) is 12.6 Å². The fraction of sp³-hybridized carbons (Fsp3) is 0.529. The van der Waals surface area contributed by atoms with Gasteiger partial charge in [0.05, 0.1) is 23.3 Å². The Morgan fingerprint density at radius 1 is 1.21 bits per heavy atom. The van der Waals surface area contributed by atoms with Crippen molar-refractivity contribution in [1.29, 1.82) is 0 Å². The molecule has 1 aromatic rings. The summed E-state index contributed by atoms with van der Waals surface area (Å²) in [4.78, 5) is 24.3. The van der Waals surface area contributed by atoms with Crippen LogP contribution in [0.25, 0.3) is 0 Å². The highest BCUT2D eigenvalue weighted by molar-refractivity contribution is 7.91. The minimum atomic E-state index is -3.01. The lowest BCUT2D eigenvalue weighted by molar-refractivity contribution is -0.127. The highest BCUT2D eigenvalue weighted by atomic mass is 32.2. The highest BCUT2D eigenvalue weighted by Gasteiger charge is 2.48. The first-order chi connectivity index (χ1) is 11.3. The Labute approximate surface area is 141 Å². The van der Waals surface area contributed by atoms with Crippen LogP contribution in [0.2, 0.25) is 0 Å². The van der Waals surface area contributed by atoms with Gasteiger partial charge in [-0.2, -0.15) is 0 Å². The van der Waals surface area contributed by atoms with Crippen LogP contribution in [0.3, 0.4) is 0 Å². The van der Waals surface area contributed by atoms with Crippen molar-refractivity contribution in [1.82, 2.24) is 10.6 Å². The second kappa shape index (κ2) is 6.55. The van der Waals surface area contributed by atoms with E-state index in [4.69, 9.17) is 0 Å². The van der Waals surface area contributed by atoms with Gasteiger partial charge in [-0.15, -0.1) is 0 Å². The van der Waals surface area contributed by atoms with Crippen LogP contribution in [-0.4, -0.2) is 37.8 Å². The van der Waals surface area contributed by atoms with Gasteiger partial charge in [0.2, 0.25) is 11.8 Å². The molecule has 6 nitrogen and oxygen atoms in total. The van der Waals surface area contributed by atoms with E-state index in [1.807, 2.05) is 31.2 Å². The van der Waals surface area contributed by atoms with Gasteiger partial charge in [0.1, 0.15) is 0 Å². The van der Waals surface area contributed by atoms with Gasteiger partial charge in [-0.05, 0) is 25.3 Å². The molecule has 1 saturated heterocycles. The first kappa shape index (κ1) is 17.0. The molecule has 1 saturated carbocycles. The van der Waals surface area contributed by atoms with Gasteiger partial charge in [0.25, 0.3) is 0 Å². The molecule has 0 radical (unpaired) electrons. The van der Waals surface area contributed by atoms with E-state index in [0.717, 1.165) is 11.1 Å². The fourth-order valence-corrected chi connectivity index (χ4v) is 4.81. The molecule has 1 heterocycles. The molecule has 1 aliphatic carbocycles. The molecule has 24 heavy (non-hydrogen) atoms. The first-order valence-electron chi connectivity index (χ1n) is 8.18. The van der Waals surface area contributed by atoms with E-state index in [0.29, 0.717) is 19.4 Å². The monoisotopic (exact) mass is 350 g/mol. The Morgan fingerprint density at radius 3 is 2.62 bits per heavy atom. The van der Waals surface area contributed by atoms with Gasteiger partial charge < -0.3 is 10.6 Å². The Kier molecular flexibility index (Phi) is 4.62. The number of rotatable bonds is 5. The molecule has 3 atom stereocenters. The van der Waals surface area contributed by atoms with Gasteiger partial charge in [-0.1, -0.05) is 29.8 Å². The van der Waals surface area contributed by atoms with Crippen LogP contribution in [-0.2, 0) is 26.0 Å². The van der Waals surface area contributed by atoms with Crippen LogP contribution in [0.4, 0.5) is 0 Å². The predicted molar refractivity (Wildman–Crippen MR) is 89.8 cm³/mol. The maximum Gasteiger partial charge on any atom is 0.224 e. The molecule has 3 rings (SSSR count). The minimum Gasteiger partial charge on any atom is -0.352 e. The first-order valence-corrected chi connectivity index (χ1v) is 10.0. The highest BCUT2D eigenvalue weighted by Crippen LogP contribution is 2.39. The summed E-state index contributed by atoms with van der Waals surface area (Å²) >= 11 is 0. The molecule has 2 aliphatic rings. The molecule has 3 unspecified atom stereocenters. The van der Waals surface area contributed by atoms with Crippen LogP contribution < -0.4 is 10.6 Å². The second-order valence-corrected chi connectivity index (χ2v) is 8.99. The second-order valence-electron chi connectivity index (χ2n) is 6.76. The SMILES string of the molecule is Cc1cccc(CNC(=O)C2CC2C(=O)NC2CCS(=O)(=O)C2)c1. The van der Waals surface area contributed by atoms with Crippen molar-refractivity contribution in [3.8, 4) is 0 Å². The third-order valence-corrected chi connectivity index (χ3v) is 6.36. The van der Waals surface area contributed by atoms with Gasteiger partial charge in [0.15, 0.2) is 9.84 Å². The Morgan fingerprint density at radius 2 is 1.96 bits per heavy atom. The van der Waals surface area contributed by atoms with Crippen molar-refractivity contribution in [2.24, 2.45) is 11.8 Å². The fourth-order valence-electron chi connectivity index (χ4n) is 3.13. The largest absolute Gasteiger partial charge is 0.352 e. The number of benzene rings is 1. The van der Waals surface area contributed by atoms with E-state index in [2.05, 4.69) is 10.6 Å². The molecule has 7 heteroatoms. The molecule has 1 aliphatic heterocycles. The maximum atomic E-state index is 12.1. The van der Waals surface area contributed by atoms with E-state index in [9.17, 15) is 18.0 Å². The Balaban J connectivity index is 1.44. The molecule has 2 amide bonds. The molecule has 0 bridgehead atoms. The average molecular weight is 350 g/mol. The Bertz CT molecular complexity index is 760. The maximum absolute atomic E-state index is 12.1. The van der Waals surface area contributed by atoms with Crippen LogP contribution in [0.5, 0.6) is 0 Å². The summed E-state index contributed by atoms with van der Waals surface area (Å²) < 4.78 is 22.8. The van der Waals surface area contributed by atoms with Crippen LogP contribution in [0, 0.1) is 18.8 Å². The molecule has 2 fully saturated rings. The summed E-state index contributed by atoms with van der Waals surface area (Å²) in [6.45, 7) is 2.45. The molecular weight excluding hydrogens is 328 g/mol. The predicted octanol–water partition coefficient (Wildman–Crippen LogP) is 0.551. The summed E-state index contributed by atoms with van der Waals surface area (Å²) in [6.07, 6.45) is 0.996. The van der Waals surface area contributed by atoms with E-state index in [1.54, 1.807) is 0 Å². The third-order valence-electron chi connectivity index (χ3n) is 4.59. The molecule has 0 spiro atoms. The lowest BCUT2D eigenvalue weighted by Crippen LogP contribution is -2.37. The minimum absolute atomic E-state index is 0.00960. The van der Waals surface area contributed by atoms with E-state index < -0.39 is 9.84 Å². The van der Waals surface area contributed by atoms with Gasteiger partial charge in [-0.25, -0.2) is 8.42 Å². The number of aryl methyl sites for hydroxylation is 1. The lowest BCUT2D eigenvalue weighted by atomic mass is 10.1. The molecular formula is C17H22N2O4S. The zero-order chi connectivity index (χ0) is 17.3. The zero-order valence-corrected chi connectivity index (χ0v) is 14.4. The molecule has 130 valence electrons. The number of hydrogen-bond acceptors (Lipinski definition) is 4. The lowest BCUT2D eigenvalue weighted by Gasteiger charge is -2.10. The van der Waals surface area contributed by atoms with Crippen LogP contribution in [0.15, 0.2) is 24.3 Å². The summed E-state index contributed by atoms with van der Waals surface area (Å²) in [6, 6.07) is 7.59. The van der Waals surface area contributed by atoms with Gasteiger partial charge in [-0.3, -0.25) is 9.59 Å². The number of hydrogen-bond donors (Lipinski definition) is 2. The van der Waals surface area contributed by atoms with Crippen molar-refractivity contribution in [2.75, 3.05) is 11.5 Å². The standard InChI is InChI=1S/C17H22N2O4S/c1-11-3-2-4-12(7-11)9-18-16(20)14-8-15(14)17(21)19-13-5-6-24(22,23)10-13/h2-4,7,13-15H,5-6,8-10H2,1H3,(H,18,20)(H,19,21). The third kappa shape index (κ3) is 4.14.